The predicted molar refractivity (Wildman–Crippen MR) is 90.6 cm³/mol. The number of hydrogen-bond donors (Lipinski definition) is 1. The minimum Gasteiger partial charge on any atom is -0.383 e. The van der Waals surface area contributed by atoms with Crippen molar-refractivity contribution in [2.75, 3.05) is 5.73 Å². The van der Waals surface area contributed by atoms with Crippen LogP contribution in [0.5, 0.6) is 0 Å². The second kappa shape index (κ2) is 5.26. The van der Waals surface area contributed by atoms with E-state index in [9.17, 15) is 4.79 Å². The molecule has 0 bridgehead atoms. The normalized spacial score (nSPS) is 14.1. The molecular weight excluding hydrogens is 288 g/mol. The number of hydrogen-bond acceptors (Lipinski definition) is 3. The fraction of sp³-hybridized carbons (Fsp3) is 0.333. The summed E-state index contributed by atoms with van der Waals surface area (Å²) >= 11 is 0. The van der Waals surface area contributed by atoms with Crippen molar-refractivity contribution in [3.05, 3.63) is 47.3 Å². The summed E-state index contributed by atoms with van der Waals surface area (Å²) in [5.41, 5.74) is 9.97. The van der Waals surface area contributed by atoms with Gasteiger partial charge in [-0.15, -0.1) is 0 Å². The highest BCUT2D eigenvalue weighted by molar-refractivity contribution is 6.08. The van der Waals surface area contributed by atoms with Gasteiger partial charge in [-0.05, 0) is 50.8 Å². The number of carbonyl (C=O) groups is 1. The summed E-state index contributed by atoms with van der Waals surface area (Å²) < 4.78 is 3.53. The standard InChI is InChI=1S/C18H20N4O/c1-2-21-11-10-12-13(7-5-9-16(12)21)18(23)22-17(19)14-6-3-4-8-15(14)20-22/h5,7,9-11H,2-4,6,8,19H2,1H3. The van der Waals surface area contributed by atoms with Gasteiger partial charge < -0.3 is 10.3 Å². The maximum atomic E-state index is 13.0. The molecular formula is C18H20N4O. The zero-order chi connectivity index (χ0) is 16.0. The molecule has 1 aliphatic rings. The number of benzene rings is 1. The highest BCUT2D eigenvalue weighted by atomic mass is 16.2. The summed E-state index contributed by atoms with van der Waals surface area (Å²) in [4.78, 5) is 13.0. The van der Waals surface area contributed by atoms with Crippen LogP contribution in [0.25, 0.3) is 10.9 Å². The molecule has 1 aliphatic carbocycles. The molecule has 0 saturated heterocycles. The van der Waals surface area contributed by atoms with E-state index in [0.29, 0.717) is 11.4 Å². The summed E-state index contributed by atoms with van der Waals surface area (Å²) in [6.07, 6.45) is 6.08. The minimum absolute atomic E-state index is 0.142. The van der Waals surface area contributed by atoms with Crippen molar-refractivity contribution in [3.63, 3.8) is 0 Å². The first-order valence-corrected chi connectivity index (χ1v) is 8.19. The second-order valence-electron chi connectivity index (χ2n) is 6.07. The molecule has 2 N–H and O–H groups in total. The number of aryl methyl sites for hydroxylation is 2. The largest absolute Gasteiger partial charge is 0.383 e. The van der Waals surface area contributed by atoms with E-state index in [2.05, 4.69) is 16.6 Å². The highest BCUT2D eigenvalue weighted by Gasteiger charge is 2.23. The van der Waals surface area contributed by atoms with Gasteiger partial charge in [0.25, 0.3) is 5.91 Å². The fourth-order valence-electron chi connectivity index (χ4n) is 3.53. The van der Waals surface area contributed by atoms with Gasteiger partial charge in [-0.1, -0.05) is 6.07 Å². The van der Waals surface area contributed by atoms with Crippen molar-refractivity contribution >= 4 is 22.6 Å². The lowest BCUT2D eigenvalue weighted by molar-refractivity contribution is 0.0949. The summed E-state index contributed by atoms with van der Waals surface area (Å²) in [6.45, 7) is 2.97. The molecule has 118 valence electrons. The van der Waals surface area contributed by atoms with Gasteiger partial charge in [0, 0.05) is 29.2 Å². The van der Waals surface area contributed by atoms with Gasteiger partial charge in [0.15, 0.2) is 0 Å². The molecule has 0 saturated carbocycles. The van der Waals surface area contributed by atoms with E-state index in [1.165, 1.54) is 4.68 Å². The van der Waals surface area contributed by atoms with Gasteiger partial charge >= 0.3 is 0 Å². The Balaban J connectivity index is 1.84. The highest BCUT2D eigenvalue weighted by Crippen LogP contribution is 2.27. The Morgan fingerprint density at radius 1 is 1.26 bits per heavy atom. The lowest BCUT2D eigenvalue weighted by atomic mass is 9.98. The topological polar surface area (TPSA) is 65.8 Å². The first kappa shape index (κ1) is 14.1. The molecule has 2 aromatic heterocycles. The zero-order valence-corrected chi connectivity index (χ0v) is 13.2. The molecule has 0 amide bonds. The molecule has 3 aromatic rings. The van der Waals surface area contributed by atoms with E-state index < -0.39 is 0 Å². The Hall–Kier alpha value is -2.56. The maximum Gasteiger partial charge on any atom is 0.280 e. The first-order valence-electron chi connectivity index (χ1n) is 8.19. The molecule has 5 heteroatoms. The Morgan fingerprint density at radius 3 is 2.87 bits per heavy atom. The maximum absolute atomic E-state index is 13.0. The van der Waals surface area contributed by atoms with Crippen molar-refractivity contribution in [2.24, 2.45) is 0 Å². The smallest absolute Gasteiger partial charge is 0.280 e. The number of rotatable bonds is 2. The molecule has 5 nitrogen and oxygen atoms in total. The van der Waals surface area contributed by atoms with E-state index in [0.717, 1.165) is 54.4 Å². The van der Waals surface area contributed by atoms with Gasteiger partial charge in [0.1, 0.15) is 5.82 Å². The van der Waals surface area contributed by atoms with Crippen molar-refractivity contribution in [3.8, 4) is 0 Å². The van der Waals surface area contributed by atoms with E-state index in [4.69, 9.17) is 5.73 Å². The summed E-state index contributed by atoms with van der Waals surface area (Å²) in [5.74, 6) is 0.369. The van der Waals surface area contributed by atoms with E-state index in [-0.39, 0.29) is 5.91 Å². The number of aromatic nitrogens is 3. The molecule has 0 spiro atoms. The van der Waals surface area contributed by atoms with Gasteiger partial charge in [-0.25, -0.2) is 0 Å². The quantitative estimate of drug-likeness (QED) is 0.791. The molecule has 1 aromatic carbocycles. The Morgan fingerprint density at radius 2 is 2.09 bits per heavy atom. The van der Waals surface area contributed by atoms with Crippen molar-refractivity contribution in [1.29, 1.82) is 0 Å². The molecule has 0 atom stereocenters. The van der Waals surface area contributed by atoms with Gasteiger partial charge in [-0.2, -0.15) is 9.78 Å². The molecule has 2 heterocycles. The van der Waals surface area contributed by atoms with E-state index in [1.54, 1.807) is 0 Å². The average molecular weight is 308 g/mol. The second-order valence-corrected chi connectivity index (χ2v) is 6.07. The van der Waals surface area contributed by atoms with Crippen LogP contribution >= 0.6 is 0 Å². The minimum atomic E-state index is -0.142. The van der Waals surface area contributed by atoms with Crippen LogP contribution in [0.1, 0.15) is 41.4 Å². The van der Waals surface area contributed by atoms with Crippen LogP contribution in [0, 0.1) is 0 Å². The van der Waals surface area contributed by atoms with Crippen LogP contribution < -0.4 is 5.73 Å². The van der Waals surface area contributed by atoms with Crippen LogP contribution in [0.4, 0.5) is 5.82 Å². The zero-order valence-electron chi connectivity index (χ0n) is 13.2. The summed E-state index contributed by atoms with van der Waals surface area (Å²) in [6, 6.07) is 7.80. The number of carbonyl (C=O) groups excluding carboxylic acids is 1. The third-order valence-corrected chi connectivity index (χ3v) is 4.77. The van der Waals surface area contributed by atoms with Crippen LogP contribution in [-0.2, 0) is 19.4 Å². The van der Waals surface area contributed by atoms with Crippen LogP contribution in [-0.4, -0.2) is 20.3 Å². The first-order chi connectivity index (χ1) is 11.2. The molecule has 23 heavy (non-hydrogen) atoms. The molecule has 0 fully saturated rings. The van der Waals surface area contributed by atoms with Crippen molar-refractivity contribution in [1.82, 2.24) is 14.3 Å². The number of nitrogens with zero attached hydrogens (tertiary/aromatic N) is 3. The summed E-state index contributed by atoms with van der Waals surface area (Å²) in [5, 5.41) is 5.45. The molecule has 0 aliphatic heterocycles. The third-order valence-electron chi connectivity index (χ3n) is 4.77. The number of nitrogen functional groups attached to an aromatic ring is 1. The number of fused-ring (bicyclic) bond motifs is 2. The number of nitrogens with two attached hydrogens (primary N) is 1. The van der Waals surface area contributed by atoms with Crippen LogP contribution in [0.15, 0.2) is 30.5 Å². The molecule has 4 rings (SSSR count). The summed E-state index contributed by atoms with van der Waals surface area (Å²) in [7, 11) is 0. The van der Waals surface area contributed by atoms with Crippen LogP contribution in [0.3, 0.4) is 0 Å². The lowest BCUT2D eigenvalue weighted by Crippen LogP contribution is -2.16. The van der Waals surface area contributed by atoms with Crippen LogP contribution in [0.2, 0.25) is 0 Å². The van der Waals surface area contributed by atoms with E-state index in [1.807, 2.05) is 30.5 Å². The fourth-order valence-corrected chi connectivity index (χ4v) is 3.53. The van der Waals surface area contributed by atoms with Gasteiger partial charge in [-0.3, -0.25) is 4.79 Å². The Labute approximate surface area is 134 Å². The Bertz CT molecular complexity index is 903. The average Bonchev–Trinajstić information content (AvgIpc) is 3.15. The predicted octanol–water partition coefficient (Wildman–Crippen LogP) is 3.01. The monoisotopic (exact) mass is 308 g/mol. The van der Waals surface area contributed by atoms with Crippen molar-refractivity contribution < 1.29 is 4.79 Å². The van der Waals surface area contributed by atoms with Crippen molar-refractivity contribution in [2.45, 2.75) is 39.2 Å². The SMILES string of the molecule is CCn1ccc2c(C(=O)n3nc4c(c3N)CCCC4)cccc21. The third kappa shape index (κ3) is 2.07. The lowest BCUT2D eigenvalue weighted by Gasteiger charge is -2.08. The van der Waals surface area contributed by atoms with E-state index >= 15 is 0 Å². The van der Waals surface area contributed by atoms with Gasteiger partial charge in [0.2, 0.25) is 0 Å². The Kier molecular flexibility index (Phi) is 3.22. The molecule has 0 unspecified atom stereocenters. The number of anilines is 1. The van der Waals surface area contributed by atoms with Gasteiger partial charge in [0.05, 0.1) is 11.3 Å². The molecule has 0 radical (unpaired) electrons.